The smallest absolute Gasteiger partial charge is 0.160 e. The minimum absolute atomic E-state index is 0.0760. The van der Waals surface area contributed by atoms with Crippen LogP contribution in [0.4, 0.5) is 0 Å². The molecule has 4 heteroatoms. The predicted octanol–water partition coefficient (Wildman–Crippen LogP) is 1.11. The Bertz CT molecular complexity index is 333. The van der Waals surface area contributed by atoms with Crippen molar-refractivity contribution in [2.24, 2.45) is 0 Å². The van der Waals surface area contributed by atoms with Crippen molar-refractivity contribution in [1.82, 2.24) is 9.97 Å². The second kappa shape index (κ2) is 2.55. The monoisotopic (exact) mass is 185 g/mol. The van der Waals surface area contributed by atoms with Crippen molar-refractivity contribution < 1.29 is 2.74 Å². The van der Waals surface area contributed by atoms with Gasteiger partial charge >= 0.3 is 0 Å². The number of hydrogen-bond donors (Lipinski definition) is 0. The Labute approximate surface area is 63.3 Å². The number of rotatable bonds is 0. The maximum Gasteiger partial charge on any atom is 0.160 e. The van der Waals surface area contributed by atoms with Gasteiger partial charge in [-0.15, -0.1) is 0 Å². The summed E-state index contributed by atoms with van der Waals surface area (Å²) in [6.07, 6.45) is -0.394. The van der Waals surface area contributed by atoms with Gasteiger partial charge in [-0.1, -0.05) is 0 Å². The fourth-order valence-electron chi connectivity index (χ4n) is 0.325. The van der Waals surface area contributed by atoms with Crippen LogP contribution in [0.1, 0.15) is 8.44 Å². The summed E-state index contributed by atoms with van der Waals surface area (Å²) in [5.41, 5.74) is -0.0760. The number of halogens is 1. The van der Waals surface area contributed by atoms with Gasteiger partial charge in [-0.25, -0.2) is 4.98 Å². The fraction of sp³-hybridized carbons (Fsp3) is 0. The molecule has 0 spiro atoms. The molecule has 0 amide bonds. The summed E-state index contributed by atoms with van der Waals surface area (Å²) in [6, 6.07) is 1.69. The molecule has 0 aromatic carbocycles. The highest BCUT2D eigenvalue weighted by molar-refractivity contribution is 9.10. The molecular weight excluding hydrogens is 182 g/mol. The molecule has 0 aliphatic heterocycles. The summed E-state index contributed by atoms with van der Waals surface area (Å²) >= 11 is 2.93. The van der Waals surface area contributed by atoms with Gasteiger partial charge < -0.3 is 0 Å². The quantitative estimate of drug-likeness (QED) is 0.609. The number of hydrogen-bond acceptors (Lipinski definition) is 3. The van der Waals surface area contributed by atoms with Gasteiger partial charge in [0.2, 0.25) is 0 Å². The lowest BCUT2D eigenvalue weighted by atomic mass is 10.5. The molecule has 0 bridgehead atoms. The molecule has 0 saturated carbocycles. The predicted molar refractivity (Wildman–Crippen MR) is 34.4 cm³/mol. The van der Waals surface area contributed by atoms with Crippen LogP contribution in [0.15, 0.2) is 16.9 Å². The second-order valence-electron chi connectivity index (χ2n) is 1.20. The van der Waals surface area contributed by atoms with Crippen molar-refractivity contribution in [2.45, 2.75) is 0 Å². The first-order valence-electron chi connectivity index (χ1n) is 3.06. The van der Waals surface area contributed by atoms with Crippen molar-refractivity contribution in [3.05, 3.63) is 22.6 Å². The van der Waals surface area contributed by atoms with E-state index < -0.39 is 0 Å². The average molecular weight is 186 g/mol. The van der Waals surface area contributed by atoms with Crippen LogP contribution >= 0.6 is 15.9 Å². The average Bonchev–Trinajstić information content (AvgIpc) is 1.97. The van der Waals surface area contributed by atoms with E-state index in [0.29, 0.717) is 0 Å². The largest absolute Gasteiger partial charge is 0.259 e. The van der Waals surface area contributed by atoms with Crippen LogP contribution in [0.2, 0.25) is 0 Å². The Balaban J connectivity index is 3.35. The summed E-state index contributed by atoms with van der Waals surface area (Å²) in [6.45, 7) is 0. The van der Waals surface area contributed by atoms with Gasteiger partial charge in [0.15, 0.2) is 5.69 Å². The van der Waals surface area contributed by atoms with Crippen LogP contribution in [0.3, 0.4) is 0 Å². The third-order valence-corrected chi connectivity index (χ3v) is 0.980. The van der Waals surface area contributed by atoms with Gasteiger partial charge in [0.05, 0.1) is 15.1 Å². The van der Waals surface area contributed by atoms with Crippen LogP contribution in [0, 0.1) is 11.3 Å². The van der Waals surface area contributed by atoms with E-state index in [-0.39, 0.29) is 22.6 Å². The molecule has 0 saturated heterocycles. The van der Waals surface area contributed by atoms with Crippen molar-refractivity contribution in [3.63, 3.8) is 0 Å². The zero-order chi connectivity index (χ0) is 8.43. The van der Waals surface area contributed by atoms with E-state index in [1.54, 1.807) is 6.07 Å². The molecule has 44 valence electrons. The van der Waals surface area contributed by atoms with Gasteiger partial charge in [0.25, 0.3) is 0 Å². The fourth-order valence-corrected chi connectivity index (χ4v) is 0.591. The minimum atomic E-state index is -0.263. The van der Waals surface area contributed by atoms with E-state index in [4.69, 9.17) is 8.00 Å². The van der Waals surface area contributed by atoms with Gasteiger partial charge in [-0.05, 0) is 15.9 Å². The van der Waals surface area contributed by atoms with Crippen LogP contribution < -0.4 is 0 Å². The molecule has 9 heavy (non-hydrogen) atoms. The summed E-state index contributed by atoms with van der Waals surface area (Å²) in [5, 5.41) is 8.38. The normalized spacial score (nSPS) is 11.6. The molecule has 0 radical (unpaired) electrons. The van der Waals surface area contributed by atoms with E-state index in [2.05, 4.69) is 25.9 Å². The highest BCUT2D eigenvalue weighted by atomic mass is 79.9. The third-order valence-electron chi connectivity index (χ3n) is 0.626. The molecule has 1 aromatic rings. The highest BCUT2D eigenvalue weighted by Crippen LogP contribution is 2.01. The van der Waals surface area contributed by atoms with E-state index in [1.165, 1.54) is 0 Å². The molecule has 0 aliphatic rings. The van der Waals surface area contributed by atoms with E-state index in [9.17, 15) is 0 Å². The molecule has 0 unspecified atom stereocenters. The number of nitriles is 1. The van der Waals surface area contributed by atoms with Crippen molar-refractivity contribution in [2.75, 3.05) is 0 Å². The molecule has 0 atom stereocenters. The molecule has 1 aromatic heterocycles. The van der Waals surface area contributed by atoms with Gasteiger partial charge in [0.1, 0.15) is 10.7 Å². The van der Waals surface area contributed by atoms with Crippen molar-refractivity contribution >= 4 is 15.9 Å². The highest BCUT2D eigenvalue weighted by Gasteiger charge is 1.90. The van der Waals surface area contributed by atoms with E-state index >= 15 is 0 Å². The Morgan fingerprint density at radius 1 is 1.78 bits per heavy atom. The first-order valence-corrected chi connectivity index (χ1v) is 2.85. The van der Waals surface area contributed by atoms with Crippen LogP contribution in [0.25, 0.3) is 0 Å². The first kappa shape index (κ1) is 3.96. The first-order chi connectivity index (χ1) is 5.15. The summed E-state index contributed by atoms with van der Waals surface area (Å²) < 4.78 is 14.3. The number of nitrogens with zero attached hydrogens (tertiary/aromatic N) is 3. The minimum Gasteiger partial charge on any atom is -0.259 e. The molecular formula is C5H2BrN3. The Morgan fingerprint density at radius 2 is 2.56 bits per heavy atom. The van der Waals surface area contributed by atoms with Gasteiger partial charge in [0, 0.05) is 0 Å². The molecule has 1 rings (SSSR count). The van der Waals surface area contributed by atoms with Gasteiger partial charge in [-0.3, -0.25) is 4.98 Å². The second-order valence-corrected chi connectivity index (χ2v) is 1.95. The molecule has 0 fully saturated rings. The SMILES string of the molecule is [2H]c1nc([2H])c(C#N)nc1Br. The topological polar surface area (TPSA) is 49.6 Å². The summed E-state index contributed by atoms with van der Waals surface area (Å²) in [5.74, 6) is 0. The lowest BCUT2D eigenvalue weighted by Crippen LogP contribution is -1.83. The number of aromatic nitrogens is 2. The van der Waals surface area contributed by atoms with E-state index in [0.717, 1.165) is 0 Å². The molecule has 0 N–H and O–H groups in total. The Morgan fingerprint density at radius 3 is 3.22 bits per heavy atom. The third kappa shape index (κ3) is 1.47. The van der Waals surface area contributed by atoms with E-state index in [1.807, 2.05) is 0 Å². The maximum absolute atomic E-state index is 8.38. The van der Waals surface area contributed by atoms with Crippen LogP contribution in [-0.4, -0.2) is 9.97 Å². The summed E-state index contributed by atoms with van der Waals surface area (Å²) in [7, 11) is 0. The van der Waals surface area contributed by atoms with Crippen molar-refractivity contribution in [1.29, 1.82) is 5.26 Å². The zero-order valence-corrected chi connectivity index (χ0v) is 5.81. The van der Waals surface area contributed by atoms with Crippen LogP contribution in [0.5, 0.6) is 0 Å². The standard InChI is InChI=1S/C5H2BrN3/c6-5-3-8-2-4(1-7)9-5/h2-3H/i2D,3D. The maximum atomic E-state index is 8.38. The molecule has 1 heterocycles. The summed E-state index contributed by atoms with van der Waals surface area (Å²) in [4.78, 5) is 7.05. The van der Waals surface area contributed by atoms with Gasteiger partial charge in [-0.2, -0.15) is 5.26 Å². The molecule has 3 nitrogen and oxygen atoms in total. The Kier molecular flexibility index (Phi) is 1.12. The Hall–Kier alpha value is -0.950. The lowest BCUT2D eigenvalue weighted by Gasteiger charge is -1.85. The lowest BCUT2D eigenvalue weighted by molar-refractivity contribution is 1.13. The van der Waals surface area contributed by atoms with Crippen molar-refractivity contribution in [3.8, 4) is 6.07 Å². The zero-order valence-electron chi connectivity index (χ0n) is 6.22. The van der Waals surface area contributed by atoms with Crippen LogP contribution in [-0.2, 0) is 0 Å². The molecule has 0 aliphatic carbocycles.